The average molecular weight is 492 g/mol. The van der Waals surface area contributed by atoms with Crippen LogP contribution in [-0.4, -0.2) is 10.5 Å². The maximum absolute atomic E-state index is 12.6. The molecular weight excluding hydrogens is 472 g/mol. The van der Waals surface area contributed by atoms with Crippen molar-refractivity contribution in [3.8, 4) is 6.07 Å². The number of hydrogen-bond acceptors (Lipinski definition) is 3. The van der Waals surface area contributed by atoms with Crippen LogP contribution in [0.15, 0.2) is 58.3 Å². The first-order chi connectivity index (χ1) is 12.8. The highest BCUT2D eigenvalue weighted by Crippen LogP contribution is 2.60. The third-order valence-corrected chi connectivity index (χ3v) is 5.63. The number of hydrogen-bond donors (Lipinski definition) is 0. The van der Waals surface area contributed by atoms with Crippen LogP contribution in [0.4, 0.5) is 0 Å². The van der Waals surface area contributed by atoms with Crippen LogP contribution in [0.2, 0.25) is 0 Å². The van der Waals surface area contributed by atoms with Crippen molar-refractivity contribution in [1.82, 2.24) is 4.57 Å². The molecule has 0 saturated heterocycles. The smallest absolute Gasteiger partial charge is 0.311 e. The second-order valence-electron chi connectivity index (χ2n) is 7.33. The lowest BCUT2D eigenvalue weighted by molar-refractivity contribution is -0.149. The van der Waals surface area contributed by atoms with Crippen molar-refractivity contribution in [2.75, 3.05) is 0 Å². The van der Waals surface area contributed by atoms with E-state index in [9.17, 15) is 10.1 Å². The predicted octanol–water partition coefficient (Wildman–Crippen LogP) is 5.55. The Bertz CT molecular complexity index is 892. The van der Waals surface area contributed by atoms with Gasteiger partial charge >= 0.3 is 5.97 Å². The molecule has 1 aromatic carbocycles. The molecule has 0 radical (unpaired) electrons. The van der Waals surface area contributed by atoms with Crippen LogP contribution in [0.25, 0.3) is 0 Å². The van der Waals surface area contributed by atoms with Gasteiger partial charge in [0.25, 0.3) is 0 Å². The number of nitriles is 1. The number of carbonyl (C=O) groups excluding carboxylic acids is 1. The maximum atomic E-state index is 12.6. The van der Waals surface area contributed by atoms with Gasteiger partial charge in [0.05, 0.1) is 9.31 Å². The quantitative estimate of drug-likeness (QED) is 0.498. The van der Waals surface area contributed by atoms with E-state index in [1.54, 1.807) is 0 Å². The molecule has 1 saturated carbocycles. The molecule has 1 unspecified atom stereocenters. The Kier molecular flexibility index (Phi) is 5.92. The Morgan fingerprint density at radius 1 is 1.33 bits per heavy atom. The minimum Gasteiger partial charge on any atom is -0.442 e. The molecule has 3 rings (SSSR count). The van der Waals surface area contributed by atoms with Gasteiger partial charge in [0.1, 0.15) is 6.07 Å². The molecule has 0 spiro atoms. The Hall–Kier alpha value is -1.84. The van der Waals surface area contributed by atoms with Crippen molar-refractivity contribution in [1.29, 1.82) is 5.26 Å². The molecule has 0 aliphatic heterocycles. The van der Waals surface area contributed by atoms with Gasteiger partial charge < -0.3 is 9.30 Å². The van der Waals surface area contributed by atoms with Crippen molar-refractivity contribution in [2.45, 2.75) is 26.5 Å². The summed E-state index contributed by atoms with van der Waals surface area (Å²) in [5.41, 5.74) is 1.68. The molecule has 0 bridgehead atoms. The van der Waals surface area contributed by atoms with E-state index in [0.717, 1.165) is 3.39 Å². The van der Waals surface area contributed by atoms with Gasteiger partial charge in [-0.15, -0.1) is 0 Å². The Labute approximate surface area is 176 Å². The topological polar surface area (TPSA) is 55.0 Å². The Morgan fingerprint density at radius 3 is 2.67 bits per heavy atom. The SMILES string of the molecule is CC1(C)[C@H](C(=O)OC(C#N)c2ccn(Cc3ccccc3)c2)[C@@H]1C=C(Br)Br. The molecule has 27 heavy (non-hydrogen) atoms. The lowest BCUT2D eigenvalue weighted by Gasteiger charge is -2.10. The molecule has 6 heteroatoms. The van der Waals surface area contributed by atoms with Gasteiger partial charge in [0.15, 0.2) is 0 Å². The summed E-state index contributed by atoms with van der Waals surface area (Å²) in [4.78, 5) is 12.6. The van der Waals surface area contributed by atoms with Crippen molar-refractivity contribution in [3.63, 3.8) is 0 Å². The van der Waals surface area contributed by atoms with E-state index in [4.69, 9.17) is 4.74 Å². The van der Waals surface area contributed by atoms with Gasteiger partial charge in [0.2, 0.25) is 6.10 Å². The van der Waals surface area contributed by atoms with Crippen LogP contribution in [0.5, 0.6) is 0 Å². The standard InChI is InChI=1S/C21H20Br2N2O2/c1-21(2)16(10-18(22)23)19(21)20(26)27-17(11-24)15-8-9-25(13-15)12-14-6-4-3-5-7-14/h3-10,13,16-17,19H,12H2,1-2H3/t16-,17?,19-/m0/s1. The Balaban J connectivity index is 1.67. The van der Waals surface area contributed by atoms with Gasteiger partial charge in [-0.2, -0.15) is 5.26 Å². The number of esters is 1. The number of aromatic nitrogens is 1. The summed E-state index contributed by atoms with van der Waals surface area (Å²) in [6.45, 7) is 4.76. The van der Waals surface area contributed by atoms with E-state index in [1.807, 2.05) is 73.3 Å². The van der Waals surface area contributed by atoms with Crippen LogP contribution < -0.4 is 0 Å². The van der Waals surface area contributed by atoms with Gasteiger partial charge in [-0.1, -0.05) is 50.3 Å². The fourth-order valence-corrected chi connectivity index (χ4v) is 4.01. The minimum absolute atomic E-state index is 0.0840. The normalized spacial score (nSPS) is 21.0. The van der Waals surface area contributed by atoms with E-state index in [2.05, 4.69) is 37.9 Å². The summed E-state index contributed by atoms with van der Waals surface area (Å²) in [6.07, 6.45) is 4.82. The first-order valence-corrected chi connectivity index (χ1v) is 10.2. The highest BCUT2D eigenvalue weighted by molar-refractivity contribution is 9.28. The summed E-state index contributed by atoms with van der Waals surface area (Å²) >= 11 is 6.69. The molecule has 4 nitrogen and oxygen atoms in total. The number of allylic oxidation sites excluding steroid dienone is 1. The third kappa shape index (κ3) is 4.53. The van der Waals surface area contributed by atoms with E-state index in [0.29, 0.717) is 12.1 Å². The lowest BCUT2D eigenvalue weighted by Crippen LogP contribution is -2.14. The largest absolute Gasteiger partial charge is 0.442 e. The number of benzene rings is 1. The van der Waals surface area contributed by atoms with E-state index in [1.165, 1.54) is 5.56 Å². The second kappa shape index (κ2) is 8.04. The lowest BCUT2D eigenvalue weighted by atomic mass is 10.1. The van der Waals surface area contributed by atoms with Crippen molar-refractivity contribution in [2.24, 2.45) is 17.3 Å². The molecule has 1 heterocycles. The maximum Gasteiger partial charge on any atom is 0.311 e. The minimum atomic E-state index is -0.900. The fourth-order valence-electron chi connectivity index (χ4n) is 3.44. The molecule has 2 aromatic rings. The number of rotatable bonds is 6. The zero-order valence-corrected chi connectivity index (χ0v) is 18.3. The molecular formula is C21H20Br2N2O2. The molecule has 140 valence electrons. The molecule has 1 aliphatic carbocycles. The number of nitrogens with zero attached hydrogens (tertiary/aromatic N) is 2. The summed E-state index contributed by atoms with van der Waals surface area (Å²) in [7, 11) is 0. The van der Waals surface area contributed by atoms with Crippen molar-refractivity contribution >= 4 is 37.8 Å². The monoisotopic (exact) mass is 490 g/mol. The van der Waals surface area contributed by atoms with E-state index in [-0.39, 0.29) is 23.2 Å². The van der Waals surface area contributed by atoms with Crippen LogP contribution in [-0.2, 0) is 16.1 Å². The molecule has 1 aromatic heterocycles. The first kappa shape index (κ1) is 19.9. The zero-order valence-electron chi connectivity index (χ0n) is 15.1. The van der Waals surface area contributed by atoms with Crippen LogP contribution in [0, 0.1) is 28.6 Å². The summed E-state index contributed by atoms with van der Waals surface area (Å²) in [6, 6.07) is 14.0. The van der Waals surface area contributed by atoms with Crippen molar-refractivity contribution in [3.05, 3.63) is 69.4 Å². The third-order valence-electron chi connectivity index (χ3n) is 5.11. The summed E-state index contributed by atoms with van der Waals surface area (Å²) in [5.74, 6) is -0.490. The molecule has 0 amide bonds. The molecule has 0 N–H and O–H groups in total. The number of halogens is 2. The highest BCUT2D eigenvalue weighted by atomic mass is 79.9. The van der Waals surface area contributed by atoms with E-state index < -0.39 is 6.10 Å². The van der Waals surface area contributed by atoms with Gasteiger partial charge in [0, 0.05) is 24.5 Å². The Morgan fingerprint density at radius 2 is 2.04 bits per heavy atom. The number of ether oxygens (including phenoxy) is 1. The second-order valence-corrected chi connectivity index (χ2v) is 10.1. The van der Waals surface area contributed by atoms with Gasteiger partial charge in [-0.3, -0.25) is 4.79 Å². The van der Waals surface area contributed by atoms with Crippen molar-refractivity contribution < 1.29 is 9.53 Å². The summed E-state index contributed by atoms with van der Waals surface area (Å²) in [5, 5.41) is 9.51. The van der Waals surface area contributed by atoms with Gasteiger partial charge in [-0.25, -0.2) is 0 Å². The first-order valence-electron chi connectivity index (χ1n) is 8.65. The zero-order chi connectivity index (χ0) is 19.6. The molecule has 3 atom stereocenters. The highest BCUT2D eigenvalue weighted by Gasteiger charge is 2.61. The van der Waals surface area contributed by atoms with Crippen LogP contribution in [0.1, 0.15) is 31.1 Å². The summed E-state index contributed by atoms with van der Waals surface area (Å²) < 4.78 is 8.35. The predicted molar refractivity (Wildman–Crippen MR) is 111 cm³/mol. The van der Waals surface area contributed by atoms with Gasteiger partial charge in [-0.05, 0) is 54.8 Å². The molecule has 1 fully saturated rings. The van der Waals surface area contributed by atoms with Crippen LogP contribution >= 0.6 is 31.9 Å². The van der Waals surface area contributed by atoms with Crippen LogP contribution in [0.3, 0.4) is 0 Å². The fraction of sp³-hybridized carbons (Fsp3) is 0.333. The average Bonchev–Trinajstić information content (AvgIpc) is 2.95. The van der Waals surface area contributed by atoms with E-state index >= 15 is 0 Å². The number of carbonyl (C=O) groups is 1. The molecule has 1 aliphatic rings.